The van der Waals surface area contributed by atoms with Crippen LogP contribution >= 0.6 is 0 Å². The van der Waals surface area contributed by atoms with Gasteiger partial charge >= 0.3 is 0 Å². The van der Waals surface area contributed by atoms with Gasteiger partial charge in [0.15, 0.2) is 0 Å². The van der Waals surface area contributed by atoms with Crippen molar-refractivity contribution in [2.75, 3.05) is 6.61 Å². The summed E-state index contributed by atoms with van der Waals surface area (Å²) in [4.78, 5) is 0. The molecule has 0 bridgehead atoms. The molecule has 16 heavy (non-hydrogen) atoms. The SMILES string of the molecule is Cc1ccc(C(OCCC2CC2)C(C)N)o1. The highest BCUT2D eigenvalue weighted by atomic mass is 16.5. The molecule has 3 nitrogen and oxygen atoms in total. The molecule has 1 aromatic heterocycles. The van der Waals surface area contributed by atoms with E-state index in [0.29, 0.717) is 0 Å². The zero-order valence-electron chi connectivity index (χ0n) is 10.1. The van der Waals surface area contributed by atoms with Crippen LogP contribution in [0.4, 0.5) is 0 Å². The molecular weight excluding hydrogens is 202 g/mol. The fourth-order valence-electron chi connectivity index (χ4n) is 1.87. The van der Waals surface area contributed by atoms with E-state index < -0.39 is 0 Å². The maximum atomic E-state index is 5.93. The molecule has 2 unspecified atom stereocenters. The summed E-state index contributed by atoms with van der Waals surface area (Å²) in [6.07, 6.45) is 3.79. The van der Waals surface area contributed by atoms with Gasteiger partial charge in [0.2, 0.25) is 0 Å². The number of rotatable bonds is 6. The second kappa shape index (κ2) is 5.02. The molecule has 1 fully saturated rings. The first-order valence-corrected chi connectivity index (χ1v) is 6.10. The maximum absolute atomic E-state index is 5.93. The van der Waals surface area contributed by atoms with Crippen molar-refractivity contribution in [1.82, 2.24) is 0 Å². The minimum Gasteiger partial charge on any atom is -0.464 e. The number of nitrogens with two attached hydrogens (primary N) is 1. The quantitative estimate of drug-likeness (QED) is 0.806. The highest BCUT2D eigenvalue weighted by Gasteiger charge is 2.24. The Morgan fingerprint density at radius 3 is 2.75 bits per heavy atom. The Morgan fingerprint density at radius 2 is 2.25 bits per heavy atom. The Labute approximate surface area is 97.0 Å². The van der Waals surface area contributed by atoms with Crippen molar-refractivity contribution in [3.05, 3.63) is 23.7 Å². The van der Waals surface area contributed by atoms with E-state index >= 15 is 0 Å². The fraction of sp³-hybridized carbons (Fsp3) is 0.692. The van der Waals surface area contributed by atoms with Gasteiger partial charge in [-0.2, -0.15) is 0 Å². The molecule has 1 saturated carbocycles. The minimum atomic E-state index is -0.104. The number of hydrogen-bond acceptors (Lipinski definition) is 3. The second-order valence-corrected chi connectivity index (χ2v) is 4.83. The lowest BCUT2D eigenvalue weighted by molar-refractivity contribution is 0.0201. The van der Waals surface area contributed by atoms with E-state index in [1.807, 2.05) is 26.0 Å². The molecule has 0 amide bonds. The lowest BCUT2D eigenvalue weighted by Crippen LogP contribution is -2.27. The number of aryl methyl sites for hydroxylation is 1. The van der Waals surface area contributed by atoms with E-state index in [1.54, 1.807) is 0 Å². The van der Waals surface area contributed by atoms with Gasteiger partial charge in [-0.05, 0) is 38.3 Å². The first-order valence-electron chi connectivity index (χ1n) is 6.10. The zero-order valence-corrected chi connectivity index (χ0v) is 10.1. The highest BCUT2D eigenvalue weighted by Crippen LogP contribution is 2.33. The molecule has 1 aliphatic rings. The van der Waals surface area contributed by atoms with E-state index in [2.05, 4.69) is 0 Å². The first kappa shape index (κ1) is 11.7. The standard InChI is InChI=1S/C13H21NO2/c1-9-3-6-12(16-9)13(10(2)14)15-8-7-11-4-5-11/h3,6,10-11,13H,4-5,7-8,14H2,1-2H3. The minimum absolute atomic E-state index is 0.0373. The largest absolute Gasteiger partial charge is 0.464 e. The normalized spacial score (nSPS) is 19.7. The van der Waals surface area contributed by atoms with Crippen LogP contribution in [0.2, 0.25) is 0 Å². The predicted molar refractivity (Wildman–Crippen MR) is 63.1 cm³/mol. The summed E-state index contributed by atoms with van der Waals surface area (Å²) in [5.41, 5.74) is 5.93. The van der Waals surface area contributed by atoms with Gasteiger partial charge in [0.25, 0.3) is 0 Å². The van der Waals surface area contributed by atoms with Crippen molar-refractivity contribution in [3.63, 3.8) is 0 Å². The third kappa shape index (κ3) is 3.09. The number of ether oxygens (including phenoxy) is 1. The van der Waals surface area contributed by atoms with Crippen LogP contribution in [0.1, 0.15) is 43.8 Å². The summed E-state index contributed by atoms with van der Waals surface area (Å²) < 4.78 is 11.4. The predicted octanol–water partition coefficient (Wildman–Crippen LogP) is 2.79. The average molecular weight is 223 g/mol. The molecule has 1 heterocycles. The molecule has 0 spiro atoms. The van der Waals surface area contributed by atoms with Crippen molar-refractivity contribution >= 4 is 0 Å². The van der Waals surface area contributed by atoms with E-state index in [1.165, 1.54) is 12.8 Å². The van der Waals surface area contributed by atoms with E-state index in [9.17, 15) is 0 Å². The first-order chi connectivity index (χ1) is 7.66. The molecule has 0 saturated heterocycles. The van der Waals surface area contributed by atoms with Crippen LogP contribution in [-0.2, 0) is 4.74 Å². The summed E-state index contributed by atoms with van der Waals surface area (Å²) >= 11 is 0. The molecule has 2 N–H and O–H groups in total. The van der Waals surface area contributed by atoms with Crippen LogP contribution in [0.15, 0.2) is 16.5 Å². The van der Waals surface area contributed by atoms with Gasteiger partial charge in [-0.25, -0.2) is 0 Å². The average Bonchev–Trinajstić information content (AvgIpc) is 2.95. The Bertz CT molecular complexity index is 328. The molecule has 2 atom stereocenters. The van der Waals surface area contributed by atoms with Crippen LogP contribution in [0.25, 0.3) is 0 Å². The van der Waals surface area contributed by atoms with Gasteiger partial charge in [-0.15, -0.1) is 0 Å². The van der Waals surface area contributed by atoms with Crippen LogP contribution in [0.5, 0.6) is 0 Å². The molecule has 1 aliphatic carbocycles. The van der Waals surface area contributed by atoms with Crippen molar-refractivity contribution in [1.29, 1.82) is 0 Å². The van der Waals surface area contributed by atoms with Crippen molar-refractivity contribution < 1.29 is 9.15 Å². The van der Waals surface area contributed by atoms with E-state index in [-0.39, 0.29) is 12.1 Å². The zero-order chi connectivity index (χ0) is 11.5. The molecule has 2 rings (SSSR count). The summed E-state index contributed by atoms with van der Waals surface area (Å²) in [7, 11) is 0. The molecule has 0 aliphatic heterocycles. The maximum Gasteiger partial charge on any atom is 0.134 e. The topological polar surface area (TPSA) is 48.4 Å². The Kier molecular flexibility index (Phi) is 3.66. The molecule has 90 valence electrons. The van der Waals surface area contributed by atoms with Gasteiger partial charge in [0.05, 0.1) is 0 Å². The molecule has 1 aromatic rings. The van der Waals surface area contributed by atoms with Crippen LogP contribution in [-0.4, -0.2) is 12.6 Å². The van der Waals surface area contributed by atoms with Crippen molar-refractivity contribution in [2.45, 2.75) is 45.3 Å². The van der Waals surface area contributed by atoms with E-state index in [4.69, 9.17) is 14.9 Å². The Balaban J connectivity index is 1.88. The number of furan rings is 1. The smallest absolute Gasteiger partial charge is 0.134 e. The van der Waals surface area contributed by atoms with Crippen LogP contribution < -0.4 is 5.73 Å². The van der Waals surface area contributed by atoms with Gasteiger partial charge < -0.3 is 14.9 Å². The number of hydrogen-bond donors (Lipinski definition) is 1. The fourth-order valence-corrected chi connectivity index (χ4v) is 1.87. The molecule has 3 heteroatoms. The van der Waals surface area contributed by atoms with Gasteiger partial charge in [-0.1, -0.05) is 12.8 Å². The molecule has 0 radical (unpaired) electrons. The summed E-state index contributed by atoms with van der Waals surface area (Å²) in [6.45, 7) is 4.68. The molecular formula is C13H21NO2. The summed E-state index contributed by atoms with van der Waals surface area (Å²) in [6, 6.07) is 3.87. The summed E-state index contributed by atoms with van der Waals surface area (Å²) in [5, 5.41) is 0. The van der Waals surface area contributed by atoms with Crippen molar-refractivity contribution in [3.8, 4) is 0 Å². The third-order valence-corrected chi connectivity index (χ3v) is 3.04. The lowest BCUT2D eigenvalue weighted by atomic mass is 10.1. The van der Waals surface area contributed by atoms with E-state index in [0.717, 1.165) is 30.5 Å². The Hall–Kier alpha value is -0.800. The molecule has 0 aromatic carbocycles. The lowest BCUT2D eigenvalue weighted by Gasteiger charge is -2.19. The van der Waals surface area contributed by atoms with Crippen LogP contribution in [0, 0.1) is 12.8 Å². The van der Waals surface area contributed by atoms with Gasteiger partial charge in [-0.3, -0.25) is 0 Å². The Morgan fingerprint density at radius 1 is 1.50 bits per heavy atom. The monoisotopic (exact) mass is 223 g/mol. The highest BCUT2D eigenvalue weighted by molar-refractivity contribution is 5.09. The van der Waals surface area contributed by atoms with Crippen LogP contribution in [0.3, 0.4) is 0 Å². The van der Waals surface area contributed by atoms with Crippen molar-refractivity contribution in [2.24, 2.45) is 11.7 Å². The third-order valence-electron chi connectivity index (χ3n) is 3.04. The van der Waals surface area contributed by atoms with Gasteiger partial charge in [0.1, 0.15) is 17.6 Å². The summed E-state index contributed by atoms with van der Waals surface area (Å²) in [5.74, 6) is 2.65. The second-order valence-electron chi connectivity index (χ2n) is 4.83. The van der Waals surface area contributed by atoms with Gasteiger partial charge in [0, 0.05) is 12.6 Å².